The van der Waals surface area contributed by atoms with E-state index in [9.17, 15) is 4.79 Å². The van der Waals surface area contributed by atoms with Crippen LogP contribution in [0.2, 0.25) is 0 Å². The molecule has 0 aromatic carbocycles. The van der Waals surface area contributed by atoms with E-state index in [4.69, 9.17) is 0 Å². The zero-order valence-electron chi connectivity index (χ0n) is 10.6. The molecule has 0 bridgehead atoms. The highest BCUT2D eigenvalue weighted by atomic mass is 16.2. The van der Waals surface area contributed by atoms with Crippen LogP contribution in [0.4, 0.5) is 0 Å². The number of hydrogen-bond acceptors (Lipinski definition) is 2. The molecule has 0 spiro atoms. The van der Waals surface area contributed by atoms with Gasteiger partial charge >= 0.3 is 0 Å². The van der Waals surface area contributed by atoms with E-state index >= 15 is 0 Å². The Kier molecular flexibility index (Phi) is 3.77. The van der Waals surface area contributed by atoms with Crippen LogP contribution in [0.25, 0.3) is 0 Å². The molecule has 0 radical (unpaired) electrons. The number of nitrogens with zero attached hydrogens (tertiary/aromatic N) is 1. The van der Waals surface area contributed by atoms with Crippen molar-refractivity contribution in [3.8, 4) is 0 Å². The van der Waals surface area contributed by atoms with Gasteiger partial charge in [-0.25, -0.2) is 0 Å². The molecule has 1 N–H and O–H groups in total. The van der Waals surface area contributed by atoms with Gasteiger partial charge in [0.2, 0.25) is 5.91 Å². The minimum Gasteiger partial charge on any atom is -0.336 e. The lowest BCUT2D eigenvalue weighted by Crippen LogP contribution is -2.44. The number of likely N-dealkylation sites (tertiary alicyclic amines) is 1. The van der Waals surface area contributed by atoms with Crippen LogP contribution >= 0.6 is 0 Å². The number of rotatable bonds is 3. The molecule has 1 aliphatic rings. The number of carbonyl (C=O) groups excluding carboxylic acids is 1. The van der Waals surface area contributed by atoms with Crippen molar-refractivity contribution in [1.29, 1.82) is 0 Å². The van der Waals surface area contributed by atoms with Crippen molar-refractivity contribution in [2.45, 2.75) is 65.1 Å². The smallest absolute Gasteiger partial charge is 0.224 e. The molecular weight excluding hydrogens is 188 g/mol. The summed E-state index contributed by atoms with van der Waals surface area (Å²) in [6, 6.07) is 0.842. The van der Waals surface area contributed by atoms with Gasteiger partial charge in [0.15, 0.2) is 0 Å². The zero-order chi connectivity index (χ0) is 11.6. The third-order valence-corrected chi connectivity index (χ3v) is 3.07. The van der Waals surface area contributed by atoms with E-state index in [1.165, 1.54) is 0 Å². The van der Waals surface area contributed by atoms with Gasteiger partial charge in [-0.2, -0.15) is 0 Å². The average Bonchev–Trinajstić information content (AvgIpc) is 2.45. The zero-order valence-corrected chi connectivity index (χ0v) is 10.6. The summed E-state index contributed by atoms with van der Waals surface area (Å²) < 4.78 is 0. The summed E-state index contributed by atoms with van der Waals surface area (Å²) in [6.45, 7) is 11.5. The summed E-state index contributed by atoms with van der Waals surface area (Å²) in [5.74, 6) is 0.281. The second-order valence-electron chi connectivity index (χ2n) is 5.55. The summed E-state index contributed by atoms with van der Waals surface area (Å²) >= 11 is 0. The third kappa shape index (κ3) is 3.20. The highest BCUT2D eigenvalue weighted by Crippen LogP contribution is 2.22. The molecule has 1 aliphatic heterocycles. The fourth-order valence-corrected chi connectivity index (χ4v) is 1.99. The maximum atomic E-state index is 11.8. The van der Waals surface area contributed by atoms with Crippen molar-refractivity contribution < 1.29 is 4.79 Å². The minimum absolute atomic E-state index is 0.0387. The topological polar surface area (TPSA) is 32.3 Å². The molecule has 3 heteroatoms. The lowest BCUT2D eigenvalue weighted by Gasteiger charge is -2.32. The molecule has 1 saturated heterocycles. The Morgan fingerprint density at radius 2 is 2.13 bits per heavy atom. The van der Waals surface area contributed by atoms with Gasteiger partial charge in [-0.3, -0.25) is 4.79 Å². The summed E-state index contributed by atoms with van der Waals surface area (Å²) in [5, 5.41) is 3.50. The first-order valence-corrected chi connectivity index (χ1v) is 5.91. The fourth-order valence-electron chi connectivity index (χ4n) is 1.99. The SMILES string of the molecule is CCC(C)NC1CC(=O)N(C(C)(C)C)C1. The van der Waals surface area contributed by atoms with E-state index in [-0.39, 0.29) is 11.4 Å². The van der Waals surface area contributed by atoms with Crippen molar-refractivity contribution in [1.82, 2.24) is 10.2 Å². The maximum absolute atomic E-state index is 11.8. The standard InChI is InChI=1S/C12H24N2O/c1-6-9(2)13-10-7-11(15)14(8-10)12(3,4)5/h9-10,13H,6-8H2,1-5H3. The molecule has 1 heterocycles. The van der Waals surface area contributed by atoms with Gasteiger partial charge in [-0.1, -0.05) is 6.92 Å². The number of nitrogens with one attached hydrogen (secondary N) is 1. The highest BCUT2D eigenvalue weighted by Gasteiger charge is 2.36. The largest absolute Gasteiger partial charge is 0.336 e. The molecule has 0 aliphatic carbocycles. The summed E-state index contributed by atoms with van der Waals surface area (Å²) in [5.41, 5.74) is -0.0387. The maximum Gasteiger partial charge on any atom is 0.224 e. The Balaban J connectivity index is 2.53. The number of hydrogen-bond donors (Lipinski definition) is 1. The van der Waals surface area contributed by atoms with Crippen molar-refractivity contribution in [3.63, 3.8) is 0 Å². The van der Waals surface area contributed by atoms with Gasteiger partial charge in [0.05, 0.1) is 0 Å². The predicted molar refractivity (Wildman–Crippen MR) is 62.8 cm³/mol. The van der Waals surface area contributed by atoms with E-state index in [2.05, 4.69) is 39.9 Å². The van der Waals surface area contributed by atoms with Crippen LogP contribution < -0.4 is 5.32 Å². The molecule has 3 nitrogen and oxygen atoms in total. The Morgan fingerprint density at radius 1 is 1.53 bits per heavy atom. The van der Waals surface area contributed by atoms with Gasteiger partial charge in [0.25, 0.3) is 0 Å². The average molecular weight is 212 g/mol. The molecule has 88 valence electrons. The van der Waals surface area contributed by atoms with Crippen LogP contribution in [0.3, 0.4) is 0 Å². The van der Waals surface area contributed by atoms with E-state index in [1.807, 2.05) is 4.90 Å². The Morgan fingerprint density at radius 3 is 2.53 bits per heavy atom. The van der Waals surface area contributed by atoms with Gasteiger partial charge in [0, 0.05) is 30.6 Å². The normalized spacial score (nSPS) is 24.7. The minimum atomic E-state index is -0.0387. The monoisotopic (exact) mass is 212 g/mol. The molecule has 2 unspecified atom stereocenters. The lowest BCUT2D eigenvalue weighted by atomic mass is 10.1. The fraction of sp³-hybridized carbons (Fsp3) is 0.917. The van der Waals surface area contributed by atoms with Crippen molar-refractivity contribution >= 4 is 5.91 Å². The van der Waals surface area contributed by atoms with Gasteiger partial charge in [-0.05, 0) is 34.1 Å². The lowest BCUT2D eigenvalue weighted by molar-refractivity contribution is -0.131. The van der Waals surface area contributed by atoms with Crippen LogP contribution in [-0.4, -0.2) is 35.0 Å². The van der Waals surface area contributed by atoms with Crippen LogP contribution in [0.5, 0.6) is 0 Å². The van der Waals surface area contributed by atoms with Crippen LogP contribution in [0.15, 0.2) is 0 Å². The first kappa shape index (κ1) is 12.5. The second kappa shape index (κ2) is 4.52. The summed E-state index contributed by atoms with van der Waals surface area (Å²) in [7, 11) is 0. The molecule has 0 aromatic heterocycles. The molecular formula is C12H24N2O. The molecule has 0 saturated carbocycles. The predicted octanol–water partition coefficient (Wildman–Crippen LogP) is 1.77. The summed E-state index contributed by atoms with van der Waals surface area (Å²) in [6.07, 6.45) is 1.77. The second-order valence-corrected chi connectivity index (χ2v) is 5.55. The van der Waals surface area contributed by atoms with Crippen molar-refractivity contribution in [2.24, 2.45) is 0 Å². The first-order chi connectivity index (χ1) is 6.84. The van der Waals surface area contributed by atoms with Gasteiger partial charge in [0.1, 0.15) is 0 Å². The van der Waals surface area contributed by atoms with Crippen molar-refractivity contribution in [2.75, 3.05) is 6.54 Å². The number of carbonyl (C=O) groups is 1. The van der Waals surface area contributed by atoms with Crippen LogP contribution in [0.1, 0.15) is 47.5 Å². The highest BCUT2D eigenvalue weighted by molar-refractivity contribution is 5.80. The van der Waals surface area contributed by atoms with Gasteiger partial charge < -0.3 is 10.2 Å². The molecule has 0 aromatic rings. The molecule has 1 rings (SSSR count). The van der Waals surface area contributed by atoms with Crippen LogP contribution in [0, 0.1) is 0 Å². The quantitative estimate of drug-likeness (QED) is 0.773. The van der Waals surface area contributed by atoms with E-state index < -0.39 is 0 Å². The molecule has 1 fully saturated rings. The summed E-state index contributed by atoms with van der Waals surface area (Å²) in [4.78, 5) is 13.8. The Hall–Kier alpha value is -0.570. The Labute approximate surface area is 93.2 Å². The third-order valence-electron chi connectivity index (χ3n) is 3.07. The molecule has 15 heavy (non-hydrogen) atoms. The van der Waals surface area contributed by atoms with E-state index in [1.54, 1.807) is 0 Å². The number of amides is 1. The van der Waals surface area contributed by atoms with Crippen molar-refractivity contribution in [3.05, 3.63) is 0 Å². The Bertz CT molecular complexity index is 232. The molecule has 1 amide bonds. The first-order valence-electron chi connectivity index (χ1n) is 5.91. The molecule has 2 atom stereocenters. The van der Waals surface area contributed by atoms with Crippen LogP contribution in [-0.2, 0) is 4.79 Å². The van der Waals surface area contributed by atoms with E-state index in [0.717, 1.165) is 13.0 Å². The van der Waals surface area contributed by atoms with Gasteiger partial charge in [-0.15, -0.1) is 0 Å². The van der Waals surface area contributed by atoms with E-state index in [0.29, 0.717) is 18.5 Å².